The number of nitrogens with one attached hydrogen (secondary N) is 1. The van der Waals surface area contributed by atoms with Crippen molar-refractivity contribution in [3.8, 4) is 5.75 Å². The van der Waals surface area contributed by atoms with Gasteiger partial charge in [0.2, 0.25) is 0 Å². The van der Waals surface area contributed by atoms with E-state index in [9.17, 15) is 4.39 Å². The van der Waals surface area contributed by atoms with Crippen LogP contribution < -0.4 is 10.1 Å². The topological polar surface area (TPSA) is 34.1 Å². The van der Waals surface area contributed by atoms with Crippen molar-refractivity contribution in [3.05, 3.63) is 53.8 Å². The van der Waals surface area contributed by atoms with Gasteiger partial charge < -0.3 is 10.1 Å². The molecule has 3 aromatic rings. The van der Waals surface area contributed by atoms with Gasteiger partial charge in [-0.05, 0) is 42.8 Å². The molecule has 0 unspecified atom stereocenters. The summed E-state index contributed by atoms with van der Waals surface area (Å²) in [5.74, 6) is 0.640. The largest absolute Gasteiger partial charge is 0.494 e. The zero-order chi connectivity index (χ0) is 14.7. The lowest BCUT2D eigenvalue weighted by molar-refractivity contribution is 0.341. The van der Waals surface area contributed by atoms with Crippen molar-refractivity contribution < 1.29 is 9.13 Å². The summed E-state index contributed by atoms with van der Waals surface area (Å²) in [6.07, 6.45) is 0. The van der Waals surface area contributed by atoms with E-state index in [1.165, 1.54) is 12.1 Å². The van der Waals surface area contributed by atoms with E-state index < -0.39 is 0 Å². The number of fused-ring (bicyclic) bond motifs is 1. The van der Waals surface area contributed by atoms with Crippen LogP contribution in [0.2, 0.25) is 0 Å². The average Bonchev–Trinajstić information content (AvgIpc) is 2.89. The lowest BCUT2D eigenvalue weighted by Gasteiger charge is -2.02. The molecule has 0 radical (unpaired) electrons. The summed E-state index contributed by atoms with van der Waals surface area (Å²) in [4.78, 5) is 4.52. The van der Waals surface area contributed by atoms with E-state index in [4.69, 9.17) is 4.74 Å². The van der Waals surface area contributed by atoms with E-state index in [0.717, 1.165) is 26.7 Å². The van der Waals surface area contributed by atoms with Gasteiger partial charge in [-0.15, -0.1) is 0 Å². The summed E-state index contributed by atoms with van der Waals surface area (Å²) in [5.41, 5.74) is 1.97. The first-order valence-corrected chi connectivity index (χ1v) is 7.58. The Morgan fingerprint density at radius 1 is 1.19 bits per heavy atom. The third-order valence-electron chi connectivity index (χ3n) is 3.03. The van der Waals surface area contributed by atoms with E-state index in [1.807, 2.05) is 25.1 Å². The SMILES string of the molecule is CCOc1ccc2nc(NCc3ccc(F)cc3)sc2c1. The van der Waals surface area contributed by atoms with E-state index in [-0.39, 0.29) is 5.82 Å². The molecule has 3 rings (SSSR count). The number of nitrogens with zero attached hydrogens (tertiary/aromatic N) is 1. The minimum absolute atomic E-state index is 0.220. The van der Waals surface area contributed by atoms with Gasteiger partial charge in [0.15, 0.2) is 5.13 Å². The third kappa shape index (κ3) is 3.31. The molecule has 2 aromatic carbocycles. The van der Waals surface area contributed by atoms with Crippen LogP contribution in [0, 0.1) is 5.82 Å². The Labute approximate surface area is 126 Å². The molecule has 0 bridgehead atoms. The van der Waals surface area contributed by atoms with Gasteiger partial charge in [-0.2, -0.15) is 0 Å². The molecule has 0 fully saturated rings. The van der Waals surface area contributed by atoms with Gasteiger partial charge in [-0.25, -0.2) is 9.37 Å². The molecule has 3 nitrogen and oxygen atoms in total. The fraction of sp³-hybridized carbons (Fsp3) is 0.188. The minimum atomic E-state index is -0.220. The fourth-order valence-electron chi connectivity index (χ4n) is 2.02. The third-order valence-corrected chi connectivity index (χ3v) is 4.00. The highest BCUT2D eigenvalue weighted by Gasteiger charge is 2.05. The van der Waals surface area contributed by atoms with Crippen molar-refractivity contribution in [1.82, 2.24) is 4.98 Å². The maximum absolute atomic E-state index is 12.8. The molecule has 0 aliphatic carbocycles. The number of ether oxygens (including phenoxy) is 1. The zero-order valence-electron chi connectivity index (χ0n) is 11.6. The van der Waals surface area contributed by atoms with E-state index >= 15 is 0 Å². The molecule has 0 saturated heterocycles. The first-order valence-electron chi connectivity index (χ1n) is 6.76. The highest BCUT2D eigenvalue weighted by Crippen LogP contribution is 2.29. The molecule has 0 aliphatic rings. The number of hydrogen-bond acceptors (Lipinski definition) is 4. The van der Waals surface area contributed by atoms with Crippen molar-refractivity contribution in [2.45, 2.75) is 13.5 Å². The summed E-state index contributed by atoms with van der Waals surface area (Å²) >= 11 is 1.58. The maximum atomic E-state index is 12.8. The van der Waals surface area contributed by atoms with Crippen LogP contribution in [0.4, 0.5) is 9.52 Å². The summed E-state index contributed by atoms with van der Waals surface area (Å²) in [6, 6.07) is 12.3. The average molecular weight is 302 g/mol. The Morgan fingerprint density at radius 2 is 2.00 bits per heavy atom. The molecule has 1 heterocycles. The summed E-state index contributed by atoms with van der Waals surface area (Å²) in [5, 5.41) is 4.12. The van der Waals surface area contributed by atoms with Gasteiger partial charge in [-0.1, -0.05) is 23.5 Å². The number of aromatic nitrogens is 1. The molecule has 1 N–H and O–H groups in total. The normalized spacial score (nSPS) is 10.8. The summed E-state index contributed by atoms with van der Waals surface area (Å²) < 4.78 is 19.4. The van der Waals surface area contributed by atoms with Gasteiger partial charge in [0, 0.05) is 6.54 Å². The molecule has 0 spiro atoms. The number of rotatable bonds is 5. The predicted molar refractivity (Wildman–Crippen MR) is 84.5 cm³/mol. The van der Waals surface area contributed by atoms with Crippen LogP contribution >= 0.6 is 11.3 Å². The monoisotopic (exact) mass is 302 g/mol. The first-order chi connectivity index (χ1) is 10.2. The Kier molecular flexibility index (Phi) is 4.01. The number of thiazole rings is 1. The van der Waals surface area contributed by atoms with Crippen molar-refractivity contribution in [2.24, 2.45) is 0 Å². The zero-order valence-corrected chi connectivity index (χ0v) is 12.4. The van der Waals surface area contributed by atoms with Gasteiger partial charge in [-0.3, -0.25) is 0 Å². The standard InChI is InChI=1S/C16H15FN2OS/c1-2-20-13-7-8-14-15(9-13)21-16(19-14)18-10-11-3-5-12(17)6-4-11/h3-9H,2,10H2,1H3,(H,18,19). The van der Waals surface area contributed by atoms with Gasteiger partial charge in [0.1, 0.15) is 11.6 Å². The Bertz CT molecular complexity index is 740. The highest BCUT2D eigenvalue weighted by atomic mass is 32.1. The number of hydrogen-bond donors (Lipinski definition) is 1. The van der Waals surface area contributed by atoms with Crippen LogP contribution in [0.1, 0.15) is 12.5 Å². The second-order valence-corrected chi connectivity index (χ2v) is 5.59. The highest BCUT2D eigenvalue weighted by molar-refractivity contribution is 7.22. The van der Waals surface area contributed by atoms with Crippen molar-refractivity contribution in [1.29, 1.82) is 0 Å². The summed E-state index contributed by atoms with van der Waals surface area (Å²) in [7, 11) is 0. The molecule has 5 heteroatoms. The molecule has 21 heavy (non-hydrogen) atoms. The Hall–Kier alpha value is -2.14. The number of benzene rings is 2. The van der Waals surface area contributed by atoms with Gasteiger partial charge >= 0.3 is 0 Å². The molecular weight excluding hydrogens is 287 g/mol. The van der Waals surface area contributed by atoms with Crippen molar-refractivity contribution >= 4 is 26.7 Å². The lowest BCUT2D eigenvalue weighted by Crippen LogP contribution is -1.98. The van der Waals surface area contributed by atoms with E-state index in [1.54, 1.807) is 23.5 Å². The maximum Gasteiger partial charge on any atom is 0.184 e. The quantitative estimate of drug-likeness (QED) is 0.756. The molecular formula is C16H15FN2OS. The fourth-order valence-corrected chi connectivity index (χ4v) is 2.91. The van der Waals surface area contributed by atoms with E-state index in [2.05, 4.69) is 10.3 Å². The Balaban J connectivity index is 1.73. The van der Waals surface area contributed by atoms with Crippen LogP contribution in [0.5, 0.6) is 5.75 Å². The smallest absolute Gasteiger partial charge is 0.184 e. The predicted octanol–water partition coefficient (Wildman–Crippen LogP) is 4.45. The van der Waals surface area contributed by atoms with Crippen LogP contribution in [-0.4, -0.2) is 11.6 Å². The molecule has 0 atom stereocenters. The van der Waals surface area contributed by atoms with Gasteiger partial charge in [0.05, 0.1) is 16.8 Å². The van der Waals surface area contributed by atoms with Crippen molar-refractivity contribution in [3.63, 3.8) is 0 Å². The lowest BCUT2D eigenvalue weighted by atomic mass is 10.2. The second kappa shape index (κ2) is 6.10. The second-order valence-electron chi connectivity index (χ2n) is 4.56. The number of anilines is 1. The first kappa shape index (κ1) is 13.8. The Morgan fingerprint density at radius 3 is 2.76 bits per heavy atom. The van der Waals surface area contributed by atoms with Crippen LogP contribution in [-0.2, 0) is 6.54 Å². The molecule has 0 aliphatic heterocycles. The molecule has 0 amide bonds. The van der Waals surface area contributed by atoms with Crippen molar-refractivity contribution in [2.75, 3.05) is 11.9 Å². The van der Waals surface area contributed by atoms with Crippen LogP contribution in [0.3, 0.4) is 0 Å². The number of halogens is 1. The van der Waals surface area contributed by atoms with E-state index in [0.29, 0.717) is 13.2 Å². The summed E-state index contributed by atoms with van der Waals surface area (Å²) in [6.45, 7) is 3.24. The molecule has 0 saturated carbocycles. The van der Waals surface area contributed by atoms with Gasteiger partial charge in [0.25, 0.3) is 0 Å². The molecule has 108 valence electrons. The van der Waals surface area contributed by atoms with Crippen LogP contribution in [0.15, 0.2) is 42.5 Å². The van der Waals surface area contributed by atoms with Crippen LogP contribution in [0.25, 0.3) is 10.2 Å². The minimum Gasteiger partial charge on any atom is -0.494 e. The molecule has 1 aromatic heterocycles.